The van der Waals surface area contributed by atoms with Crippen molar-refractivity contribution in [1.82, 2.24) is 20.7 Å². The number of fused-ring (bicyclic) bond motifs is 2. The van der Waals surface area contributed by atoms with Crippen LogP contribution in [0, 0.1) is 11.8 Å². The number of carbonyl (C=O) groups is 1. The maximum Gasteiger partial charge on any atom is 0.249 e. The van der Waals surface area contributed by atoms with Crippen molar-refractivity contribution in [2.24, 2.45) is 11.8 Å². The summed E-state index contributed by atoms with van der Waals surface area (Å²) in [4.78, 5) is 17.1. The molecule has 0 aromatic heterocycles. The largest absolute Gasteiger partial charge is 0.300 e. The van der Waals surface area contributed by atoms with E-state index in [0.717, 1.165) is 18.4 Å². The van der Waals surface area contributed by atoms with E-state index in [0.29, 0.717) is 18.1 Å². The van der Waals surface area contributed by atoms with Gasteiger partial charge in [0, 0.05) is 44.3 Å². The third-order valence-electron chi connectivity index (χ3n) is 6.60. The number of alkyl halides is 1. The summed E-state index contributed by atoms with van der Waals surface area (Å²) in [5.74, 6) is 1.87. The van der Waals surface area contributed by atoms with Crippen LogP contribution in [0.3, 0.4) is 0 Å². The molecule has 6 heteroatoms. The van der Waals surface area contributed by atoms with Gasteiger partial charge in [0.25, 0.3) is 0 Å². The first kappa shape index (κ1) is 16.3. The number of nitrogens with one attached hydrogen (secondary N) is 2. The van der Waals surface area contributed by atoms with Crippen molar-refractivity contribution in [3.05, 3.63) is 0 Å². The molecule has 23 heavy (non-hydrogen) atoms. The van der Waals surface area contributed by atoms with Crippen molar-refractivity contribution in [1.29, 1.82) is 0 Å². The van der Waals surface area contributed by atoms with Gasteiger partial charge in [-0.3, -0.25) is 20.0 Å². The van der Waals surface area contributed by atoms with Gasteiger partial charge in [-0.05, 0) is 24.7 Å². The number of hydrogen-bond acceptors (Lipinski definition) is 4. The zero-order valence-electron chi connectivity index (χ0n) is 14.0. The van der Waals surface area contributed by atoms with Crippen LogP contribution in [0.4, 0.5) is 0 Å². The summed E-state index contributed by atoms with van der Waals surface area (Å²) in [7, 11) is 0. The van der Waals surface area contributed by atoms with Crippen LogP contribution in [0.15, 0.2) is 0 Å². The SMILES string of the molecule is CC1CCCCC1CN1CC2CC(C1)N2C1CNNC(=O)C1Br. The summed E-state index contributed by atoms with van der Waals surface area (Å²) in [6.45, 7) is 6.97. The Kier molecular flexibility index (Phi) is 4.69. The van der Waals surface area contributed by atoms with E-state index in [4.69, 9.17) is 0 Å². The smallest absolute Gasteiger partial charge is 0.249 e. The molecule has 0 spiro atoms. The minimum atomic E-state index is -0.0843. The number of carbonyl (C=O) groups excluding carboxylic acids is 1. The molecular weight excluding hydrogens is 356 g/mol. The Balaban J connectivity index is 1.34. The van der Waals surface area contributed by atoms with Crippen LogP contribution in [0.25, 0.3) is 0 Å². The molecule has 0 aromatic carbocycles. The van der Waals surface area contributed by atoms with Gasteiger partial charge >= 0.3 is 0 Å². The average Bonchev–Trinajstić information content (AvgIpc) is 2.54. The van der Waals surface area contributed by atoms with Crippen molar-refractivity contribution in [2.45, 2.75) is 62.0 Å². The van der Waals surface area contributed by atoms with Gasteiger partial charge < -0.3 is 0 Å². The van der Waals surface area contributed by atoms with Crippen molar-refractivity contribution in [2.75, 3.05) is 26.2 Å². The Morgan fingerprint density at radius 2 is 1.96 bits per heavy atom. The van der Waals surface area contributed by atoms with Gasteiger partial charge in [-0.1, -0.05) is 42.1 Å². The van der Waals surface area contributed by atoms with E-state index in [-0.39, 0.29) is 10.7 Å². The second-order valence-corrected chi connectivity index (χ2v) is 9.06. The van der Waals surface area contributed by atoms with E-state index in [9.17, 15) is 4.79 Å². The lowest BCUT2D eigenvalue weighted by Gasteiger charge is -2.60. The van der Waals surface area contributed by atoms with Gasteiger partial charge in [-0.2, -0.15) is 0 Å². The Hall–Kier alpha value is -0.170. The monoisotopic (exact) mass is 384 g/mol. The molecular formula is C17H29BrN4O. The van der Waals surface area contributed by atoms with E-state index in [1.165, 1.54) is 51.7 Å². The number of hydrogen-bond donors (Lipinski definition) is 2. The van der Waals surface area contributed by atoms with Gasteiger partial charge in [-0.25, -0.2) is 5.43 Å². The third kappa shape index (κ3) is 3.08. The second kappa shape index (κ2) is 6.62. The lowest BCUT2D eigenvalue weighted by molar-refractivity contribution is -0.133. The molecule has 1 amide bonds. The first-order valence-electron chi connectivity index (χ1n) is 9.30. The number of piperidine rings is 1. The highest BCUT2D eigenvalue weighted by Gasteiger charge is 2.50. The Labute approximate surface area is 147 Å². The van der Waals surface area contributed by atoms with E-state index in [1.807, 2.05) is 0 Å². The van der Waals surface area contributed by atoms with E-state index < -0.39 is 0 Å². The predicted octanol–water partition coefficient (Wildman–Crippen LogP) is 1.34. The number of rotatable bonds is 3. The molecule has 4 heterocycles. The molecule has 5 aliphatic rings. The van der Waals surface area contributed by atoms with E-state index in [1.54, 1.807) is 0 Å². The Morgan fingerprint density at radius 3 is 2.70 bits per heavy atom. The average molecular weight is 385 g/mol. The molecule has 0 aromatic rings. The van der Waals surface area contributed by atoms with Crippen LogP contribution >= 0.6 is 15.9 Å². The normalized spacial score (nSPS) is 45.4. The van der Waals surface area contributed by atoms with Crippen LogP contribution in [0.1, 0.15) is 39.0 Å². The van der Waals surface area contributed by atoms with Crippen LogP contribution in [-0.2, 0) is 4.79 Å². The standard InChI is InChI=1S/C17H29BrN4O/c1-11-4-2-3-5-12(11)8-21-9-13-6-14(10-21)22(13)15-7-19-20-17(23)16(15)18/h11-16,19H,2-10H2,1H3,(H,20,23). The highest BCUT2D eigenvalue weighted by atomic mass is 79.9. The fourth-order valence-electron chi connectivity index (χ4n) is 5.26. The predicted molar refractivity (Wildman–Crippen MR) is 94.2 cm³/mol. The molecule has 5 rings (SSSR count). The van der Waals surface area contributed by atoms with Crippen molar-refractivity contribution in [3.63, 3.8) is 0 Å². The second-order valence-electron chi connectivity index (χ2n) is 8.07. The molecule has 4 aliphatic heterocycles. The quantitative estimate of drug-likeness (QED) is 0.720. The number of halogens is 1. The van der Waals surface area contributed by atoms with Crippen molar-refractivity contribution >= 4 is 21.8 Å². The van der Waals surface area contributed by atoms with Gasteiger partial charge in [0.1, 0.15) is 4.83 Å². The first-order valence-corrected chi connectivity index (χ1v) is 10.2. The van der Waals surface area contributed by atoms with Crippen LogP contribution in [-0.4, -0.2) is 64.8 Å². The summed E-state index contributed by atoms with van der Waals surface area (Å²) in [5, 5.41) is 0. The number of hydrazine groups is 1. The molecule has 0 radical (unpaired) electrons. The molecule has 1 saturated carbocycles. The lowest BCUT2D eigenvalue weighted by atomic mass is 9.78. The minimum absolute atomic E-state index is 0.0686. The summed E-state index contributed by atoms with van der Waals surface area (Å²) < 4.78 is 0. The molecule has 2 N–H and O–H groups in total. The molecule has 6 unspecified atom stereocenters. The van der Waals surface area contributed by atoms with Crippen molar-refractivity contribution in [3.8, 4) is 0 Å². The highest BCUT2D eigenvalue weighted by Crippen LogP contribution is 2.38. The summed E-state index contributed by atoms with van der Waals surface area (Å²) in [6, 6.07) is 1.58. The van der Waals surface area contributed by atoms with E-state index in [2.05, 4.69) is 43.5 Å². The first-order chi connectivity index (χ1) is 11.1. The summed E-state index contributed by atoms with van der Waals surface area (Å²) in [6.07, 6.45) is 7.02. The Bertz CT molecular complexity index is 450. The number of amides is 1. The van der Waals surface area contributed by atoms with Crippen LogP contribution in [0.5, 0.6) is 0 Å². The molecule has 5 fully saturated rings. The number of piperazine rings is 1. The number of nitrogens with zero attached hydrogens (tertiary/aromatic N) is 2. The molecule has 4 saturated heterocycles. The van der Waals surface area contributed by atoms with Gasteiger partial charge in [0.2, 0.25) is 5.91 Å². The van der Waals surface area contributed by atoms with Gasteiger partial charge in [0.05, 0.1) is 0 Å². The zero-order valence-corrected chi connectivity index (χ0v) is 15.6. The fourth-order valence-corrected chi connectivity index (χ4v) is 5.83. The van der Waals surface area contributed by atoms with Crippen LogP contribution < -0.4 is 10.9 Å². The topological polar surface area (TPSA) is 47.6 Å². The maximum absolute atomic E-state index is 11.9. The highest BCUT2D eigenvalue weighted by molar-refractivity contribution is 9.10. The summed E-state index contributed by atoms with van der Waals surface area (Å²) in [5.41, 5.74) is 5.78. The van der Waals surface area contributed by atoms with Crippen molar-refractivity contribution < 1.29 is 4.79 Å². The zero-order chi connectivity index (χ0) is 16.0. The van der Waals surface area contributed by atoms with Gasteiger partial charge in [-0.15, -0.1) is 0 Å². The van der Waals surface area contributed by atoms with E-state index >= 15 is 0 Å². The van der Waals surface area contributed by atoms with Crippen LogP contribution in [0.2, 0.25) is 0 Å². The molecule has 5 nitrogen and oxygen atoms in total. The molecule has 2 bridgehead atoms. The fraction of sp³-hybridized carbons (Fsp3) is 0.941. The Morgan fingerprint density at radius 1 is 1.22 bits per heavy atom. The lowest BCUT2D eigenvalue weighted by Crippen LogP contribution is -2.76. The third-order valence-corrected chi connectivity index (χ3v) is 7.63. The summed E-state index contributed by atoms with van der Waals surface area (Å²) >= 11 is 3.60. The molecule has 1 aliphatic carbocycles. The minimum Gasteiger partial charge on any atom is -0.300 e. The maximum atomic E-state index is 11.9. The van der Waals surface area contributed by atoms with Gasteiger partial charge in [0.15, 0.2) is 0 Å². The molecule has 130 valence electrons. The molecule has 6 atom stereocenters.